The Morgan fingerprint density at radius 1 is 1.22 bits per heavy atom. The smallest absolute Gasteiger partial charge is 0.279 e. The molecule has 2 rings (SSSR count). The second-order valence-electron chi connectivity index (χ2n) is 3.22. The lowest BCUT2D eigenvalue weighted by molar-refractivity contribution is -0.168. The Bertz CT molecular complexity index is 557. The summed E-state index contributed by atoms with van der Waals surface area (Å²) in [5, 5.41) is 18.1. The lowest BCUT2D eigenvalue weighted by Crippen LogP contribution is -2.53. The maximum atomic E-state index is 11.7. The van der Waals surface area contributed by atoms with Crippen molar-refractivity contribution in [1.82, 2.24) is 10.1 Å². The molecule has 9 heteroatoms. The van der Waals surface area contributed by atoms with Crippen molar-refractivity contribution in [2.75, 3.05) is 0 Å². The number of hydrogen-bond donors (Lipinski definition) is 2. The summed E-state index contributed by atoms with van der Waals surface area (Å²) in [5.74, 6) is -1.94. The van der Waals surface area contributed by atoms with Crippen molar-refractivity contribution in [3.63, 3.8) is 0 Å². The summed E-state index contributed by atoms with van der Waals surface area (Å²) in [5.41, 5.74) is -0.372. The zero-order chi connectivity index (χ0) is 13.4. The molecule has 0 atom stereocenters. The summed E-state index contributed by atoms with van der Waals surface area (Å²) in [6.07, 6.45) is 1.27. The fourth-order valence-electron chi connectivity index (χ4n) is 1.25. The number of thiocarbonyl (C=S) groups is 1. The predicted octanol–water partition coefficient (Wildman–Crippen LogP) is 1.63. The van der Waals surface area contributed by atoms with Gasteiger partial charge in [0.25, 0.3) is 11.8 Å². The van der Waals surface area contributed by atoms with Crippen LogP contribution >= 0.6 is 39.5 Å². The first kappa shape index (κ1) is 13.3. The van der Waals surface area contributed by atoms with Crippen LogP contribution in [0.2, 0.25) is 0 Å². The van der Waals surface area contributed by atoms with Crippen LogP contribution in [-0.2, 0) is 9.59 Å². The van der Waals surface area contributed by atoms with E-state index in [9.17, 15) is 20.0 Å². The third-order valence-electron chi connectivity index (χ3n) is 2.09. The Labute approximate surface area is 119 Å². The van der Waals surface area contributed by atoms with Gasteiger partial charge < -0.3 is 0 Å². The van der Waals surface area contributed by atoms with Crippen LogP contribution in [0.15, 0.2) is 21.5 Å². The van der Waals surface area contributed by atoms with Gasteiger partial charge in [-0.15, -0.1) is 11.3 Å². The molecular weight excluding hydrogens is 344 g/mol. The number of carbonyl (C=O) groups excluding carboxylic acids is 2. The van der Waals surface area contributed by atoms with Crippen molar-refractivity contribution in [2.24, 2.45) is 0 Å². The lowest BCUT2D eigenvalue weighted by atomic mass is 10.1. The maximum absolute atomic E-state index is 11.7. The Morgan fingerprint density at radius 2 is 1.78 bits per heavy atom. The molecule has 18 heavy (non-hydrogen) atoms. The molecular formula is C9H5BrN2O4S2. The number of amides is 2. The summed E-state index contributed by atoms with van der Waals surface area (Å²) < 4.78 is 0.822. The van der Waals surface area contributed by atoms with E-state index in [0.29, 0.717) is 4.88 Å². The van der Waals surface area contributed by atoms with Crippen LogP contribution in [0.5, 0.6) is 0 Å². The third-order valence-corrected chi connectivity index (χ3v) is 4.01. The topological polar surface area (TPSA) is 81.1 Å². The second-order valence-corrected chi connectivity index (χ2v) is 6.08. The molecule has 2 amide bonds. The standard InChI is InChI=1S/C9H5BrN2O4S2/c10-6-2-1-4(18-6)3-5-7(13)11(15)9(17)12(16)8(5)14/h1-3,15-16H. The van der Waals surface area contributed by atoms with E-state index in [1.165, 1.54) is 17.4 Å². The van der Waals surface area contributed by atoms with Crippen molar-refractivity contribution in [1.29, 1.82) is 0 Å². The van der Waals surface area contributed by atoms with E-state index in [0.717, 1.165) is 3.79 Å². The average Bonchev–Trinajstić information content (AvgIpc) is 2.75. The van der Waals surface area contributed by atoms with Gasteiger partial charge in [0.2, 0.25) is 5.11 Å². The molecule has 1 aliphatic rings. The molecule has 1 fully saturated rings. The molecule has 0 saturated carbocycles. The first-order valence-electron chi connectivity index (χ1n) is 4.49. The quantitative estimate of drug-likeness (QED) is 0.349. The highest BCUT2D eigenvalue weighted by Crippen LogP contribution is 2.26. The summed E-state index contributed by atoms with van der Waals surface area (Å²) in [7, 11) is 0. The summed E-state index contributed by atoms with van der Waals surface area (Å²) >= 11 is 9.04. The Kier molecular flexibility index (Phi) is 3.59. The van der Waals surface area contributed by atoms with Gasteiger partial charge in [-0.05, 0) is 46.4 Å². The van der Waals surface area contributed by atoms with Crippen LogP contribution in [0.25, 0.3) is 6.08 Å². The molecule has 0 unspecified atom stereocenters. The van der Waals surface area contributed by atoms with Gasteiger partial charge in [0.05, 0.1) is 3.79 Å². The van der Waals surface area contributed by atoms with Crippen LogP contribution in [-0.4, -0.2) is 37.5 Å². The first-order valence-corrected chi connectivity index (χ1v) is 6.51. The van der Waals surface area contributed by atoms with Crippen molar-refractivity contribution in [3.05, 3.63) is 26.4 Å². The maximum Gasteiger partial charge on any atom is 0.289 e. The summed E-state index contributed by atoms with van der Waals surface area (Å²) in [6.45, 7) is 0. The molecule has 0 spiro atoms. The second kappa shape index (κ2) is 4.86. The number of hydrogen-bond acceptors (Lipinski definition) is 6. The third kappa shape index (κ3) is 2.22. The minimum atomic E-state index is -0.972. The van der Waals surface area contributed by atoms with Crippen LogP contribution in [0, 0.1) is 0 Å². The molecule has 0 radical (unpaired) electrons. The molecule has 1 aliphatic heterocycles. The number of thiophene rings is 1. The number of carbonyl (C=O) groups is 2. The van der Waals surface area contributed by atoms with Crippen LogP contribution < -0.4 is 0 Å². The zero-order valence-corrected chi connectivity index (χ0v) is 11.8. The molecule has 0 aromatic carbocycles. The molecule has 1 aromatic rings. The van der Waals surface area contributed by atoms with Gasteiger partial charge in [0.15, 0.2) is 0 Å². The van der Waals surface area contributed by atoms with Crippen molar-refractivity contribution >= 4 is 62.5 Å². The van der Waals surface area contributed by atoms with E-state index < -0.39 is 16.9 Å². The fraction of sp³-hybridized carbons (Fsp3) is 0. The fourth-order valence-corrected chi connectivity index (χ4v) is 2.79. The Hall–Kier alpha value is -1.13. The zero-order valence-electron chi connectivity index (χ0n) is 8.53. The van der Waals surface area contributed by atoms with E-state index >= 15 is 0 Å². The van der Waals surface area contributed by atoms with Gasteiger partial charge in [-0.1, -0.05) is 0 Å². The Balaban J connectivity index is 2.43. The molecule has 0 bridgehead atoms. The SMILES string of the molecule is O=C1C(=Cc2ccc(Br)s2)C(=O)N(O)C(=S)N1O. The normalized spacial score (nSPS) is 16.6. The van der Waals surface area contributed by atoms with Crippen LogP contribution in [0.3, 0.4) is 0 Å². The number of hydroxylamine groups is 4. The molecule has 1 aromatic heterocycles. The molecule has 2 N–H and O–H groups in total. The lowest BCUT2D eigenvalue weighted by Gasteiger charge is -2.27. The van der Waals surface area contributed by atoms with Crippen LogP contribution in [0.1, 0.15) is 4.88 Å². The molecule has 0 aliphatic carbocycles. The van der Waals surface area contributed by atoms with E-state index in [4.69, 9.17) is 0 Å². The van der Waals surface area contributed by atoms with E-state index in [1.54, 1.807) is 12.1 Å². The van der Waals surface area contributed by atoms with Crippen molar-refractivity contribution < 1.29 is 20.0 Å². The van der Waals surface area contributed by atoms with Gasteiger partial charge in [-0.3, -0.25) is 20.0 Å². The van der Waals surface area contributed by atoms with E-state index in [1.807, 2.05) is 0 Å². The highest BCUT2D eigenvalue weighted by atomic mass is 79.9. The summed E-state index contributed by atoms with van der Waals surface area (Å²) in [4.78, 5) is 23.9. The Morgan fingerprint density at radius 3 is 2.22 bits per heavy atom. The van der Waals surface area contributed by atoms with Crippen molar-refractivity contribution in [2.45, 2.75) is 0 Å². The minimum absolute atomic E-state index is 0.0468. The summed E-state index contributed by atoms with van der Waals surface area (Å²) in [6, 6.07) is 3.42. The first-order chi connectivity index (χ1) is 8.41. The highest BCUT2D eigenvalue weighted by Gasteiger charge is 2.38. The minimum Gasteiger partial charge on any atom is -0.279 e. The predicted molar refractivity (Wildman–Crippen MR) is 69.9 cm³/mol. The monoisotopic (exact) mass is 348 g/mol. The average molecular weight is 349 g/mol. The van der Waals surface area contributed by atoms with Crippen molar-refractivity contribution in [3.8, 4) is 0 Å². The van der Waals surface area contributed by atoms with Gasteiger partial charge in [-0.2, -0.15) is 10.1 Å². The molecule has 1 saturated heterocycles. The molecule has 6 nitrogen and oxygen atoms in total. The largest absolute Gasteiger partial charge is 0.289 e. The highest BCUT2D eigenvalue weighted by molar-refractivity contribution is 9.11. The molecule has 2 heterocycles. The number of rotatable bonds is 1. The van der Waals surface area contributed by atoms with Gasteiger partial charge >= 0.3 is 0 Å². The number of nitrogens with zero attached hydrogens (tertiary/aromatic N) is 2. The van der Waals surface area contributed by atoms with Gasteiger partial charge in [0, 0.05) is 4.88 Å². The van der Waals surface area contributed by atoms with Gasteiger partial charge in [0.1, 0.15) is 5.57 Å². The van der Waals surface area contributed by atoms with E-state index in [-0.39, 0.29) is 15.7 Å². The van der Waals surface area contributed by atoms with Crippen LogP contribution in [0.4, 0.5) is 0 Å². The molecule has 94 valence electrons. The number of halogens is 1. The van der Waals surface area contributed by atoms with Gasteiger partial charge in [-0.25, -0.2) is 0 Å². The van der Waals surface area contributed by atoms with E-state index in [2.05, 4.69) is 28.1 Å².